The zero-order valence-electron chi connectivity index (χ0n) is 15.3. The molecule has 3 rings (SSSR count). The Balaban J connectivity index is 1.51. The molecule has 0 radical (unpaired) electrons. The van der Waals surface area contributed by atoms with E-state index in [0.717, 1.165) is 12.0 Å². The summed E-state index contributed by atoms with van der Waals surface area (Å²) in [6, 6.07) is 8.36. The van der Waals surface area contributed by atoms with Crippen LogP contribution >= 0.6 is 0 Å². The van der Waals surface area contributed by atoms with Crippen molar-refractivity contribution in [1.82, 2.24) is 15.1 Å². The Labute approximate surface area is 150 Å². The summed E-state index contributed by atoms with van der Waals surface area (Å²) in [5.74, 6) is 0.509. The summed E-state index contributed by atoms with van der Waals surface area (Å²) in [7, 11) is 0. The molecule has 2 unspecified atom stereocenters. The van der Waals surface area contributed by atoms with Crippen LogP contribution in [0.1, 0.15) is 43.7 Å². The molecule has 0 spiro atoms. The monoisotopic (exact) mass is 343 g/mol. The average molecular weight is 343 g/mol. The Morgan fingerprint density at radius 1 is 1.16 bits per heavy atom. The Kier molecular flexibility index (Phi) is 5.61. The van der Waals surface area contributed by atoms with Gasteiger partial charge < -0.3 is 15.1 Å². The maximum absolute atomic E-state index is 12.6. The maximum Gasteiger partial charge on any atom is 0.320 e. The lowest BCUT2D eigenvalue weighted by atomic mass is 9.86. The van der Waals surface area contributed by atoms with Crippen molar-refractivity contribution < 1.29 is 9.59 Å². The van der Waals surface area contributed by atoms with Crippen LogP contribution in [0.2, 0.25) is 0 Å². The highest BCUT2D eigenvalue weighted by Crippen LogP contribution is 2.23. The van der Waals surface area contributed by atoms with Crippen molar-refractivity contribution in [2.75, 3.05) is 19.6 Å². The van der Waals surface area contributed by atoms with Gasteiger partial charge in [-0.25, -0.2) is 4.79 Å². The van der Waals surface area contributed by atoms with E-state index in [0.29, 0.717) is 25.6 Å². The first-order valence-corrected chi connectivity index (χ1v) is 9.42. The van der Waals surface area contributed by atoms with E-state index in [1.54, 1.807) is 4.90 Å². The molecule has 25 heavy (non-hydrogen) atoms. The molecule has 1 heterocycles. The predicted octanol–water partition coefficient (Wildman–Crippen LogP) is 2.93. The molecule has 1 aliphatic heterocycles. The lowest BCUT2D eigenvalue weighted by Gasteiger charge is -2.30. The van der Waals surface area contributed by atoms with Crippen molar-refractivity contribution in [2.45, 2.75) is 52.1 Å². The summed E-state index contributed by atoms with van der Waals surface area (Å²) in [5.41, 5.74) is 2.36. The van der Waals surface area contributed by atoms with E-state index in [1.165, 1.54) is 24.8 Å². The van der Waals surface area contributed by atoms with E-state index < -0.39 is 0 Å². The van der Waals surface area contributed by atoms with Crippen molar-refractivity contribution >= 4 is 11.9 Å². The normalized spacial score (nSPS) is 23.8. The second-order valence-electron chi connectivity index (χ2n) is 7.49. The molecule has 5 nitrogen and oxygen atoms in total. The number of carbonyl (C=O) groups is 2. The van der Waals surface area contributed by atoms with Gasteiger partial charge in [-0.15, -0.1) is 0 Å². The van der Waals surface area contributed by atoms with Crippen LogP contribution in [0.4, 0.5) is 4.79 Å². The van der Waals surface area contributed by atoms with E-state index in [4.69, 9.17) is 0 Å². The van der Waals surface area contributed by atoms with Crippen molar-refractivity contribution in [1.29, 1.82) is 0 Å². The van der Waals surface area contributed by atoms with Crippen LogP contribution in [-0.4, -0.2) is 47.4 Å². The van der Waals surface area contributed by atoms with Crippen molar-refractivity contribution in [2.24, 2.45) is 5.92 Å². The van der Waals surface area contributed by atoms with Gasteiger partial charge in [-0.2, -0.15) is 0 Å². The molecule has 2 aliphatic rings. The van der Waals surface area contributed by atoms with E-state index in [2.05, 4.69) is 31.3 Å². The van der Waals surface area contributed by atoms with Crippen LogP contribution < -0.4 is 5.32 Å². The number of hydrogen-bond donors (Lipinski definition) is 1. The molecule has 0 bridgehead atoms. The van der Waals surface area contributed by atoms with Gasteiger partial charge in [-0.3, -0.25) is 4.79 Å². The summed E-state index contributed by atoms with van der Waals surface area (Å²) in [4.78, 5) is 28.4. The Morgan fingerprint density at radius 3 is 2.64 bits per heavy atom. The zero-order valence-corrected chi connectivity index (χ0v) is 15.3. The molecule has 1 saturated heterocycles. The molecule has 136 valence electrons. The molecule has 1 N–H and O–H groups in total. The van der Waals surface area contributed by atoms with Gasteiger partial charge in [0, 0.05) is 25.7 Å². The quantitative estimate of drug-likeness (QED) is 0.894. The number of urea groups is 1. The van der Waals surface area contributed by atoms with Gasteiger partial charge >= 0.3 is 6.03 Å². The van der Waals surface area contributed by atoms with Gasteiger partial charge in [-0.1, -0.05) is 44.0 Å². The van der Waals surface area contributed by atoms with Gasteiger partial charge in [-0.05, 0) is 36.8 Å². The highest BCUT2D eigenvalue weighted by molar-refractivity contribution is 5.85. The lowest BCUT2D eigenvalue weighted by Crippen LogP contribution is -2.46. The van der Waals surface area contributed by atoms with Gasteiger partial charge in [0.1, 0.15) is 6.54 Å². The van der Waals surface area contributed by atoms with Gasteiger partial charge in [0.25, 0.3) is 0 Å². The topological polar surface area (TPSA) is 52.6 Å². The summed E-state index contributed by atoms with van der Waals surface area (Å²) in [5, 5.41) is 3.14. The predicted molar refractivity (Wildman–Crippen MR) is 98.1 cm³/mol. The third-order valence-electron chi connectivity index (χ3n) is 5.60. The summed E-state index contributed by atoms with van der Waals surface area (Å²) in [6.07, 6.45) is 4.67. The third kappa shape index (κ3) is 4.33. The van der Waals surface area contributed by atoms with Crippen molar-refractivity contribution in [3.05, 3.63) is 35.4 Å². The first kappa shape index (κ1) is 17.8. The second kappa shape index (κ2) is 7.89. The smallest absolute Gasteiger partial charge is 0.320 e. The summed E-state index contributed by atoms with van der Waals surface area (Å²) >= 11 is 0. The molecular weight excluding hydrogens is 314 g/mol. The average Bonchev–Trinajstić information content (AvgIpc) is 2.92. The molecule has 2 fully saturated rings. The number of aryl methyl sites for hydroxylation is 1. The van der Waals surface area contributed by atoms with Crippen LogP contribution in [0.5, 0.6) is 0 Å². The fraction of sp³-hybridized carbons (Fsp3) is 0.600. The Bertz CT molecular complexity index is 631. The van der Waals surface area contributed by atoms with Crippen LogP contribution in [0, 0.1) is 12.8 Å². The second-order valence-corrected chi connectivity index (χ2v) is 7.49. The number of amides is 3. The number of hydrogen-bond acceptors (Lipinski definition) is 2. The maximum atomic E-state index is 12.6. The largest absolute Gasteiger partial charge is 0.352 e. The molecule has 3 amide bonds. The summed E-state index contributed by atoms with van der Waals surface area (Å²) < 4.78 is 0. The number of nitrogens with zero attached hydrogens (tertiary/aromatic N) is 2. The van der Waals surface area contributed by atoms with Crippen LogP contribution in [0.25, 0.3) is 0 Å². The number of rotatable bonds is 5. The standard InChI is InChI=1S/C20H29N3O2/c1-15-7-3-5-9-17(15)13-22-11-12-23(20(22)25)14-19(24)21-18-10-6-4-8-16(18)2/h3,5,7,9,16,18H,4,6,8,10-14H2,1-2H3,(H,21,24). The lowest BCUT2D eigenvalue weighted by molar-refractivity contribution is -0.122. The Morgan fingerprint density at radius 2 is 1.88 bits per heavy atom. The molecule has 0 aromatic heterocycles. The highest BCUT2D eigenvalue weighted by Gasteiger charge is 2.31. The minimum absolute atomic E-state index is 0.0233. The van der Waals surface area contributed by atoms with Crippen LogP contribution in [-0.2, 0) is 11.3 Å². The van der Waals surface area contributed by atoms with E-state index in [1.807, 2.05) is 17.0 Å². The minimum atomic E-state index is -0.0323. The molecule has 2 atom stereocenters. The van der Waals surface area contributed by atoms with E-state index in [-0.39, 0.29) is 24.5 Å². The number of carbonyl (C=O) groups excluding carboxylic acids is 2. The van der Waals surface area contributed by atoms with E-state index in [9.17, 15) is 9.59 Å². The molecule has 1 aliphatic carbocycles. The van der Waals surface area contributed by atoms with Crippen LogP contribution in [0.3, 0.4) is 0 Å². The molecule has 1 aromatic carbocycles. The molecular formula is C20H29N3O2. The Hall–Kier alpha value is -2.04. The van der Waals surface area contributed by atoms with Gasteiger partial charge in [0.05, 0.1) is 0 Å². The SMILES string of the molecule is Cc1ccccc1CN1CCN(CC(=O)NC2CCCCC2C)C1=O. The zero-order chi connectivity index (χ0) is 17.8. The highest BCUT2D eigenvalue weighted by atomic mass is 16.2. The van der Waals surface area contributed by atoms with Crippen molar-refractivity contribution in [3.8, 4) is 0 Å². The first-order valence-electron chi connectivity index (χ1n) is 9.42. The number of benzene rings is 1. The molecule has 1 aromatic rings. The molecule has 1 saturated carbocycles. The van der Waals surface area contributed by atoms with Crippen molar-refractivity contribution in [3.63, 3.8) is 0 Å². The number of nitrogens with one attached hydrogen (secondary N) is 1. The fourth-order valence-electron chi connectivity index (χ4n) is 3.88. The van der Waals surface area contributed by atoms with Gasteiger partial charge in [0.2, 0.25) is 5.91 Å². The van der Waals surface area contributed by atoms with E-state index >= 15 is 0 Å². The van der Waals surface area contributed by atoms with Crippen LogP contribution in [0.15, 0.2) is 24.3 Å². The third-order valence-corrected chi connectivity index (χ3v) is 5.60. The summed E-state index contributed by atoms with van der Waals surface area (Å²) in [6.45, 7) is 6.36. The fourth-order valence-corrected chi connectivity index (χ4v) is 3.88. The van der Waals surface area contributed by atoms with Gasteiger partial charge in [0.15, 0.2) is 0 Å². The molecule has 5 heteroatoms. The first-order chi connectivity index (χ1) is 12.0. The minimum Gasteiger partial charge on any atom is -0.352 e.